The van der Waals surface area contributed by atoms with Gasteiger partial charge in [0, 0.05) is 5.70 Å². The van der Waals surface area contributed by atoms with Gasteiger partial charge in [-0.15, -0.1) is 0 Å². The molecule has 1 aliphatic rings. The van der Waals surface area contributed by atoms with E-state index >= 15 is 0 Å². The number of halogens is 2. The largest absolute Gasteiger partial charge is 0.348 e. The van der Waals surface area contributed by atoms with E-state index in [1.54, 1.807) is 0 Å². The van der Waals surface area contributed by atoms with Crippen LogP contribution in [0, 0.1) is 0 Å². The number of nitrogens with zero attached hydrogens (tertiary/aromatic N) is 3. The zero-order chi connectivity index (χ0) is 13.5. The fourth-order valence-electron chi connectivity index (χ4n) is 1.93. The summed E-state index contributed by atoms with van der Waals surface area (Å²) in [6.45, 7) is 0. The fraction of sp³-hybridized carbons (Fsp3) is 0.583. The summed E-state index contributed by atoms with van der Waals surface area (Å²) < 4.78 is 0. The molecule has 0 saturated heterocycles. The summed E-state index contributed by atoms with van der Waals surface area (Å²) in [5.41, 5.74) is 3.93. The van der Waals surface area contributed by atoms with Crippen molar-refractivity contribution in [2.24, 2.45) is 0 Å². The lowest BCUT2D eigenvalue weighted by Gasteiger charge is -2.10. The van der Waals surface area contributed by atoms with Crippen LogP contribution >= 0.6 is 23.2 Å². The Kier molecular flexibility index (Phi) is 5.66. The van der Waals surface area contributed by atoms with Crippen molar-refractivity contribution in [3.63, 3.8) is 0 Å². The van der Waals surface area contributed by atoms with Crippen LogP contribution < -0.4 is 10.3 Å². The maximum absolute atomic E-state index is 5.67. The minimum absolute atomic E-state index is 0.0141. The van der Waals surface area contributed by atoms with Crippen molar-refractivity contribution < 1.29 is 4.84 Å². The third-order valence-electron chi connectivity index (χ3n) is 2.87. The quantitative estimate of drug-likeness (QED) is 0.863. The molecule has 0 fully saturated rings. The second-order valence-corrected chi connectivity index (χ2v) is 5.07. The Morgan fingerprint density at radius 2 is 1.63 bits per heavy atom. The van der Waals surface area contributed by atoms with Gasteiger partial charge in [0.05, 0.1) is 0 Å². The number of aromatic nitrogens is 3. The molecule has 0 atom stereocenters. The van der Waals surface area contributed by atoms with Crippen molar-refractivity contribution in [3.8, 4) is 6.01 Å². The molecule has 0 bridgehead atoms. The van der Waals surface area contributed by atoms with Crippen molar-refractivity contribution in [1.29, 1.82) is 0 Å². The molecule has 0 saturated carbocycles. The van der Waals surface area contributed by atoms with Gasteiger partial charge in [0.1, 0.15) is 0 Å². The SMILES string of the molecule is Clc1nc(Cl)nc(ONC2=CCCCCCCC2)n1. The van der Waals surface area contributed by atoms with Crippen LogP contribution in [-0.4, -0.2) is 15.0 Å². The summed E-state index contributed by atoms with van der Waals surface area (Å²) in [5.74, 6) is 0. The monoisotopic (exact) mass is 302 g/mol. The first kappa shape index (κ1) is 14.3. The second-order valence-electron chi connectivity index (χ2n) is 4.40. The number of rotatable bonds is 3. The van der Waals surface area contributed by atoms with Gasteiger partial charge in [-0.2, -0.15) is 15.0 Å². The number of hydroxylamine groups is 1. The Labute approximate surface area is 122 Å². The molecule has 0 unspecified atom stereocenters. The highest BCUT2D eigenvalue weighted by atomic mass is 35.5. The van der Waals surface area contributed by atoms with Gasteiger partial charge in [-0.05, 0) is 48.9 Å². The van der Waals surface area contributed by atoms with E-state index < -0.39 is 0 Å². The second kappa shape index (κ2) is 7.50. The molecule has 1 heterocycles. The van der Waals surface area contributed by atoms with Gasteiger partial charge < -0.3 is 4.84 Å². The highest BCUT2D eigenvalue weighted by Gasteiger charge is 2.06. The Hall–Kier alpha value is -1.07. The molecular formula is C12H16Cl2N4O. The summed E-state index contributed by atoms with van der Waals surface area (Å²) in [5, 5.41) is 0.0282. The maximum Gasteiger partial charge on any atom is 0.348 e. The zero-order valence-electron chi connectivity index (χ0n) is 10.5. The van der Waals surface area contributed by atoms with Gasteiger partial charge in [0.2, 0.25) is 10.6 Å². The van der Waals surface area contributed by atoms with Crippen molar-refractivity contribution in [1.82, 2.24) is 20.4 Å². The lowest BCUT2D eigenvalue weighted by Crippen LogP contribution is -2.19. The van der Waals surface area contributed by atoms with Crippen LogP contribution in [-0.2, 0) is 0 Å². The number of hydrogen-bond donors (Lipinski definition) is 1. The summed E-state index contributed by atoms with van der Waals surface area (Å²) in [6, 6.07) is 0.0748. The molecule has 5 nitrogen and oxygen atoms in total. The van der Waals surface area contributed by atoms with E-state index in [9.17, 15) is 0 Å². The lowest BCUT2D eigenvalue weighted by atomic mass is 10.1. The van der Waals surface area contributed by atoms with Crippen molar-refractivity contribution >= 4 is 23.2 Å². The Morgan fingerprint density at radius 3 is 2.42 bits per heavy atom. The van der Waals surface area contributed by atoms with Crippen LogP contribution in [0.1, 0.15) is 44.9 Å². The normalized spacial score (nSPS) is 16.8. The summed E-state index contributed by atoms with van der Waals surface area (Å²) in [7, 11) is 0. The third-order valence-corrected chi connectivity index (χ3v) is 3.21. The third kappa shape index (κ3) is 5.20. The molecule has 1 aliphatic carbocycles. The number of nitrogens with one attached hydrogen (secondary N) is 1. The molecule has 104 valence electrons. The predicted molar refractivity (Wildman–Crippen MR) is 74.0 cm³/mol. The topological polar surface area (TPSA) is 59.9 Å². The Morgan fingerprint density at radius 1 is 0.947 bits per heavy atom. The highest BCUT2D eigenvalue weighted by molar-refractivity contribution is 6.31. The van der Waals surface area contributed by atoms with Gasteiger partial charge in [-0.3, -0.25) is 0 Å². The van der Waals surface area contributed by atoms with Crippen LogP contribution in [0.3, 0.4) is 0 Å². The molecule has 1 aromatic rings. The van der Waals surface area contributed by atoms with Gasteiger partial charge in [0.15, 0.2) is 0 Å². The minimum Gasteiger partial charge on any atom is -0.340 e. The minimum atomic E-state index is 0.0141. The van der Waals surface area contributed by atoms with Crippen LogP contribution in [0.4, 0.5) is 0 Å². The molecule has 7 heteroatoms. The molecule has 0 radical (unpaired) electrons. The van der Waals surface area contributed by atoms with E-state index in [1.807, 2.05) is 0 Å². The Bertz CT molecular complexity index is 433. The van der Waals surface area contributed by atoms with E-state index in [-0.39, 0.29) is 16.6 Å². The predicted octanol–water partition coefficient (Wildman–Crippen LogP) is 3.69. The molecule has 0 aromatic carbocycles. The van der Waals surface area contributed by atoms with Crippen LogP contribution in [0.5, 0.6) is 6.01 Å². The van der Waals surface area contributed by atoms with Crippen LogP contribution in [0.2, 0.25) is 10.6 Å². The first-order valence-corrected chi connectivity index (χ1v) is 7.18. The van der Waals surface area contributed by atoms with Gasteiger partial charge in [-0.1, -0.05) is 25.3 Å². The maximum atomic E-state index is 5.67. The average molecular weight is 303 g/mol. The van der Waals surface area contributed by atoms with Gasteiger partial charge in [-0.25, -0.2) is 5.48 Å². The lowest BCUT2D eigenvalue weighted by molar-refractivity contribution is 0.203. The summed E-state index contributed by atoms with van der Waals surface area (Å²) >= 11 is 11.3. The van der Waals surface area contributed by atoms with Crippen LogP contribution in [0.25, 0.3) is 0 Å². The van der Waals surface area contributed by atoms with E-state index in [4.69, 9.17) is 28.0 Å². The molecular weight excluding hydrogens is 287 g/mol. The van der Waals surface area contributed by atoms with E-state index in [0.717, 1.165) is 25.0 Å². The molecule has 2 rings (SSSR count). The average Bonchev–Trinajstić information content (AvgIpc) is 2.49. The standard InChI is InChI=1S/C12H16Cl2N4O/c13-10-15-11(14)17-12(16-10)19-18-9-7-5-3-1-2-4-6-8-9/h7,18H,1-6,8H2. The molecule has 1 aromatic heterocycles. The van der Waals surface area contributed by atoms with Crippen molar-refractivity contribution in [2.75, 3.05) is 0 Å². The van der Waals surface area contributed by atoms with Crippen molar-refractivity contribution in [3.05, 3.63) is 22.3 Å². The highest BCUT2D eigenvalue weighted by Crippen LogP contribution is 2.16. The summed E-state index contributed by atoms with van der Waals surface area (Å²) in [4.78, 5) is 16.6. The summed E-state index contributed by atoms with van der Waals surface area (Å²) in [6.07, 6.45) is 10.4. The van der Waals surface area contributed by atoms with E-state index in [0.29, 0.717) is 0 Å². The molecule has 1 N–H and O–H groups in total. The van der Waals surface area contributed by atoms with E-state index in [1.165, 1.54) is 25.7 Å². The fourth-order valence-corrected chi connectivity index (χ4v) is 2.27. The molecule has 0 amide bonds. The van der Waals surface area contributed by atoms with Crippen LogP contribution in [0.15, 0.2) is 11.8 Å². The van der Waals surface area contributed by atoms with Gasteiger partial charge in [0.25, 0.3) is 0 Å². The van der Waals surface area contributed by atoms with Crippen molar-refractivity contribution in [2.45, 2.75) is 44.9 Å². The molecule has 19 heavy (non-hydrogen) atoms. The van der Waals surface area contributed by atoms with Gasteiger partial charge >= 0.3 is 6.01 Å². The zero-order valence-corrected chi connectivity index (χ0v) is 12.0. The van der Waals surface area contributed by atoms with E-state index in [2.05, 4.69) is 26.5 Å². The molecule has 0 spiro atoms. The number of hydrogen-bond acceptors (Lipinski definition) is 5. The first-order chi connectivity index (χ1) is 9.24. The first-order valence-electron chi connectivity index (χ1n) is 6.43. The smallest absolute Gasteiger partial charge is 0.340 e. The molecule has 0 aliphatic heterocycles. The number of allylic oxidation sites excluding steroid dienone is 2. The Balaban J connectivity index is 1.92.